The van der Waals surface area contributed by atoms with Crippen LogP contribution in [0.5, 0.6) is 0 Å². The van der Waals surface area contributed by atoms with Gasteiger partial charge in [0.15, 0.2) is 0 Å². The summed E-state index contributed by atoms with van der Waals surface area (Å²) in [7, 11) is 1.26. The van der Waals surface area contributed by atoms with Crippen LogP contribution in [0.25, 0.3) is 0 Å². The van der Waals surface area contributed by atoms with E-state index < -0.39 is 24.1 Å². The number of carbonyl (C=O) groups is 1. The number of rotatable bonds is 3. The zero-order chi connectivity index (χ0) is 23.0. The molecule has 0 spiro atoms. The zero-order valence-corrected chi connectivity index (χ0v) is 17.8. The number of amidine groups is 1. The summed E-state index contributed by atoms with van der Waals surface area (Å²) >= 11 is 11.8. The fourth-order valence-electron chi connectivity index (χ4n) is 3.13. The molecule has 2 aromatic rings. The van der Waals surface area contributed by atoms with E-state index in [-0.39, 0.29) is 32.9 Å². The molecule has 3 rings (SSSR count). The number of benzene rings is 2. The van der Waals surface area contributed by atoms with Crippen molar-refractivity contribution < 1.29 is 27.5 Å². The number of ether oxygens (including phenoxy) is 1. The van der Waals surface area contributed by atoms with Gasteiger partial charge in [-0.25, -0.2) is 0 Å². The number of amides is 1. The minimum Gasteiger partial charge on any atom is -0.468 e. The van der Waals surface area contributed by atoms with Crippen LogP contribution in [0.1, 0.15) is 33.5 Å². The van der Waals surface area contributed by atoms with Gasteiger partial charge in [-0.05, 0) is 48.4 Å². The standard InChI is InChI=1S/C20H16Cl2F3N3O3/c1-10-5-11(3-4-15(10)17(29)27-18(26)30-2)16-9-19(31-28-16,20(23,24)25)12-6-13(21)8-14(22)7-12/h3-8H,9H2,1-2H3,(H2,26,27,29). The van der Waals surface area contributed by atoms with E-state index in [2.05, 4.69) is 14.9 Å². The summed E-state index contributed by atoms with van der Waals surface area (Å²) < 4.78 is 46.9. The highest BCUT2D eigenvalue weighted by Crippen LogP contribution is 2.49. The molecule has 2 N–H and O–H groups in total. The first-order chi connectivity index (χ1) is 14.5. The van der Waals surface area contributed by atoms with E-state index in [1.54, 1.807) is 6.92 Å². The SMILES string of the molecule is COC(N)=NC(=O)c1ccc(C2=NOC(c3cc(Cl)cc(Cl)c3)(C(F)(F)F)C2)cc1C. The molecule has 0 radical (unpaired) electrons. The second kappa shape index (κ2) is 8.39. The van der Waals surface area contributed by atoms with Gasteiger partial charge in [0.2, 0.25) is 0 Å². The van der Waals surface area contributed by atoms with E-state index in [1.165, 1.54) is 31.4 Å². The zero-order valence-electron chi connectivity index (χ0n) is 16.3. The fraction of sp³-hybridized carbons (Fsp3) is 0.250. The van der Waals surface area contributed by atoms with Crippen LogP contribution in [0.15, 0.2) is 46.5 Å². The second-order valence-corrected chi connectivity index (χ2v) is 7.65. The lowest BCUT2D eigenvalue weighted by Gasteiger charge is -2.29. The summed E-state index contributed by atoms with van der Waals surface area (Å²) in [5, 5.41) is 3.78. The van der Waals surface area contributed by atoms with E-state index in [9.17, 15) is 18.0 Å². The van der Waals surface area contributed by atoms with Crippen LogP contribution in [-0.4, -0.2) is 30.9 Å². The first-order valence-electron chi connectivity index (χ1n) is 8.78. The minimum atomic E-state index is -4.80. The van der Waals surface area contributed by atoms with Gasteiger partial charge in [-0.15, -0.1) is 0 Å². The number of methoxy groups -OCH3 is 1. The van der Waals surface area contributed by atoms with E-state index in [4.69, 9.17) is 33.8 Å². The summed E-state index contributed by atoms with van der Waals surface area (Å²) in [5.41, 5.74) is 3.47. The largest absolute Gasteiger partial charge is 0.468 e. The molecule has 0 aromatic heterocycles. The van der Waals surface area contributed by atoms with Crippen molar-refractivity contribution in [3.8, 4) is 0 Å². The Morgan fingerprint density at radius 2 is 1.87 bits per heavy atom. The Morgan fingerprint density at radius 3 is 2.42 bits per heavy atom. The molecule has 0 fully saturated rings. The van der Waals surface area contributed by atoms with Crippen LogP contribution in [0.4, 0.5) is 13.2 Å². The van der Waals surface area contributed by atoms with Crippen LogP contribution in [0.3, 0.4) is 0 Å². The molecule has 1 amide bonds. The highest BCUT2D eigenvalue weighted by atomic mass is 35.5. The summed E-state index contributed by atoms with van der Waals surface area (Å²) in [5.74, 6) is -0.647. The lowest BCUT2D eigenvalue weighted by molar-refractivity contribution is -0.275. The van der Waals surface area contributed by atoms with Crippen LogP contribution in [0.2, 0.25) is 10.0 Å². The van der Waals surface area contributed by atoms with Crippen LogP contribution in [0, 0.1) is 6.92 Å². The van der Waals surface area contributed by atoms with E-state index in [1.807, 2.05) is 0 Å². The molecular formula is C20H16Cl2F3N3O3. The molecule has 0 saturated carbocycles. The van der Waals surface area contributed by atoms with Gasteiger partial charge in [0.05, 0.1) is 12.8 Å². The molecule has 11 heteroatoms. The third-order valence-corrected chi connectivity index (χ3v) is 5.16. The predicted octanol–water partition coefficient (Wildman–Crippen LogP) is 4.99. The first-order valence-corrected chi connectivity index (χ1v) is 9.54. The van der Waals surface area contributed by atoms with Crippen LogP contribution >= 0.6 is 23.2 Å². The van der Waals surface area contributed by atoms with Gasteiger partial charge < -0.3 is 15.3 Å². The number of oxime groups is 1. The molecule has 1 unspecified atom stereocenters. The Balaban J connectivity index is 1.95. The molecule has 6 nitrogen and oxygen atoms in total. The van der Waals surface area contributed by atoms with Gasteiger partial charge in [0, 0.05) is 27.6 Å². The third kappa shape index (κ3) is 4.47. The molecule has 0 aliphatic carbocycles. The number of aliphatic imine (C=N–C) groups is 1. The molecule has 1 atom stereocenters. The van der Waals surface area contributed by atoms with Gasteiger partial charge >= 0.3 is 6.18 Å². The monoisotopic (exact) mass is 473 g/mol. The summed E-state index contributed by atoms with van der Waals surface area (Å²) in [6.45, 7) is 1.61. The average Bonchev–Trinajstić information content (AvgIpc) is 3.13. The van der Waals surface area contributed by atoms with Gasteiger partial charge in [0.1, 0.15) is 0 Å². The Bertz CT molecular complexity index is 1080. The van der Waals surface area contributed by atoms with Crippen molar-refractivity contribution in [1.82, 2.24) is 0 Å². The molecule has 2 aromatic carbocycles. The summed E-state index contributed by atoms with van der Waals surface area (Å²) in [6.07, 6.45) is -5.40. The second-order valence-electron chi connectivity index (χ2n) is 6.78. The van der Waals surface area contributed by atoms with E-state index in [0.717, 1.165) is 12.1 Å². The number of nitrogens with two attached hydrogens (primary N) is 1. The Hall–Kier alpha value is -2.78. The smallest absolute Gasteiger partial charge is 0.435 e. The van der Waals surface area contributed by atoms with Crippen molar-refractivity contribution in [3.05, 3.63) is 68.7 Å². The highest BCUT2D eigenvalue weighted by Gasteiger charge is 2.62. The highest BCUT2D eigenvalue weighted by molar-refractivity contribution is 6.34. The summed E-state index contributed by atoms with van der Waals surface area (Å²) in [4.78, 5) is 20.7. The molecule has 164 valence electrons. The Labute approximate surface area is 185 Å². The molecule has 1 aliphatic heterocycles. The number of aryl methyl sites for hydroxylation is 1. The van der Waals surface area contributed by atoms with E-state index in [0.29, 0.717) is 11.1 Å². The molecule has 31 heavy (non-hydrogen) atoms. The van der Waals surface area contributed by atoms with Crippen molar-refractivity contribution in [2.24, 2.45) is 15.9 Å². The maximum Gasteiger partial charge on any atom is 0.435 e. The number of hydrogen-bond acceptors (Lipinski definition) is 4. The lowest BCUT2D eigenvalue weighted by Crippen LogP contribution is -2.42. The van der Waals surface area contributed by atoms with Gasteiger partial charge in [-0.3, -0.25) is 4.79 Å². The maximum atomic E-state index is 14.1. The summed E-state index contributed by atoms with van der Waals surface area (Å²) in [6, 6.07) is 7.70. The quantitative estimate of drug-likeness (QED) is 0.502. The van der Waals surface area contributed by atoms with Crippen molar-refractivity contribution >= 4 is 40.8 Å². The fourth-order valence-corrected chi connectivity index (χ4v) is 3.66. The number of nitrogens with zero attached hydrogens (tertiary/aromatic N) is 2. The minimum absolute atomic E-state index is 0.0396. The third-order valence-electron chi connectivity index (χ3n) is 4.73. The van der Waals surface area contributed by atoms with E-state index >= 15 is 0 Å². The Kier molecular flexibility index (Phi) is 6.20. The van der Waals surface area contributed by atoms with Crippen molar-refractivity contribution in [1.29, 1.82) is 0 Å². The lowest BCUT2D eigenvalue weighted by atomic mass is 9.86. The number of carbonyl (C=O) groups excluding carboxylic acids is 1. The van der Waals surface area contributed by atoms with Crippen molar-refractivity contribution in [3.63, 3.8) is 0 Å². The first kappa shape index (κ1) is 22.9. The number of alkyl halides is 3. The van der Waals surface area contributed by atoms with Crippen LogP contribution < -0.4 is 5.73 Å². The normalized spacial score (nSPS) is 19.1. The molecule has 0 bridgehead atoms. The molecular weight excluding hydrogens is 458 g/mol. The van der Waals surface area contributed by atoms with Gasteiger partial charge in [-0.2, -0.15) is 18.2 Å². The Morgan fingerprint density at radius 1 is 1.23 bits per heavy atom. The topological polar surface area (TPSA) is 86.3 Å². The molecule has 1 aliphatic rings. The van der Waals surface area contributed by atoms with Crippen molar-refractivity contribution in [2.75, 3.05) is 7.11 Å². The number of halogens is 5. The average molecular weight is 474 g/mol. The van der Waals surface area contributed by atoms with Gasteiger partial charge in [-0.1, -0.05) is 34.4 Å². The van der Waals surface area contributed by atoms with Gasteiger partial charge in [0.25, 0.3) is 17.5 Å². The number of hydrogen-bond donors (Lipinski definition) is 1. The molecule has 1 heterocycles. The van der Waals surface area contributed by atoms with Crippen molar-refractivity contribution in [2.45, 2.75) is 25.1 Å². The van der Waals surface area contributed by atoms with Crippen LogP contribution in [-0.2, 0) is 15.2 Å². The maximum absolute atomic E-state index is 14.1. The predicted molar refractivity (Wildman–Crippen MR) is 111 cm³/mol. The molecule has 0 saturated heterocycles.